The second-order valence-electron chi connectivity index (χ2n) is 6.36. The van der Waals surface area contributed by atoms with Gasteiger partial charge in [-0.25, -0.2) is 4.98 Å². The number of hydrogen-bond donors (Lipinski definition) is 2. The lowest BCUT2D eigenvalue weighted by atomic mass is 9.92. The number of aromatic nitrogens is 3. The Morgan fingerprint density at radius 1 is 1.48 bits per heavy atom. The van der Waals surface area contributed by atoms with Crippen LogP contribution in [0, 0.1) is 10.1 Å². The highest BCUT2D eigenvalue weighted by Gasteiger charge is 2.27. The van der Waals surface area contributed by atoms with E-state index in [1.807, 2.05) is 0 Å². The number of ether oxygens (including phenoxy) is 1. The molecule has 2 aromatic rings. The number of pyridine rings is 1. The van der Waals surface area contributed by atoms with Crippen LogP contribution in [0.25, 0.3) is 0 Å². The predicted molar refractivity (Wildman–Crippen MR) is 97.9 cm³/mol. The van der Waals surface area contributed by atoms with E-state index in [4.69, 9.17) is 4.74 Å². The monoisotopic (exact) mass is 374 g/mol. The number of hydrogen-bond acceptors (Lipinski definition) is 7. The lowest BCUT2D eigenvalue weighted by molar-refractivity contribution is -0.385. The first-order chi connectivity index (χ1) is 13.1. The van der Waals surface area contributed by atoms with Gasteiger partial charge in [0.15, 0.2) is 0 Å². The van der Waals surface area contributed by atoms with Crippen LogP contribution in [0.15, 0.2) is 24.5 Å². The third-order valence-corrected chi connectivity index (χ3v) is 4.60. The molecule has 0 spiro atoms. The van der Waals surface area contributed by atoms with Crippen LogP contribution >= 0.6 is 0 Å². The molecule has 1 unspecified atom stereocenters. The van der Waals surface area contributed by atoms with Gasteiger partial charge in [-0.2, -0.15) is 5.10 Å². The number of H-pyrrole nitrogens is 1. The summed E-state index contributed by atoms with van der Waals surface area (Å²) in [4.78, 5) is 29.0. The topological polar surface area (TPSA) is 126 Å². The number of aromatic amines is 1. The van der Waals surface area contributed by atoms with Gasteiger partial charge >= 0.3 is 0 Å². The largest absolute Gasteiger partial charge is 0.383 e. The van der Waals surface area contributed by atoms with Crippen molar-refractivity contribution in [2.24, 2.45) is 0 Å². The third-order valence-electron chi connectivity index (χ3n) is 4.60. The Balaban J connectivity index is 1.70. The molecule has 144 valence electrons. The number of nitrogens with zero attached hydrogens (tertiary/aromatic N) is 4. The first-order valence-corrected chi connectivity index (χ1v) is 8.76. The minimum atomic E-state index is -0.463. The average Bonchev–Trinajstić information content (AvgIpc) is 3.18. The van der Waals surface area contributed by atoms with Crippen LogP contribution in [0.1, 0.15) is 34.8 Å². The van der Waals surface area contributed by atoms with Crippen molar-refractivity contribution in [1.29, 1.82) is 0 Å². The van der Waals surface area contributed by atoms with Gasteiger partial charge in [-0.1, -0.05) is 0 Å². The number of amides is 1. The van der Waals surface area contributed by atoms with Crippen LogP contribution in [-0.4, -0.2) is 59.4 Å². The molecule has 1 saturated heterocycles. The maximum absolute atomic E-state index is 12.4. The van der Waals surface area contributed by atoms with Crippen LogP contribution in [0.3, 0.4) is 0 Å². The van der Waals surface area contributed by atoms with Crippen molar-refractivity contribution in [3.05, 3.63) is 45.9 Å². The Labute approximate surface area is 156 Å². The number of methoxy groups -OCH3 is 1. The predicted octanol–water partition coefficient (Wildman–Crippen LogP) is 1.47. The van der Waals surface area contributed by atoms with E-state index in [1.165, 1.54) is 12.3 Å². The van der Waals surface area contributed by atoms with E-state index in [0.717, 1.165) is 25.1 Å². The molecule has 1 aliphatic heterocycles. The van der Waals surface area contributed by atoms with Gasteiger partial charge in [0.25, 0.3) is 11.6 Å². The molecule has 0 bridgehead atoms. The minimum Gasteiger partial charge on any atom is -0.383 e. The minimum absolute atomic E-state index is 0.0316. The van der Waals surface area contributed by atoms with Gasteiger partial charge in [0.05, 0.1) is 29.0 Å². The molecule has 1 aliphatic rings. The highest BCUT2D eigenvalue weighted by Crippen LogP contribution is 2.30. The molecule has 0 radical (unpaired) electrons. The van der Waals surface area contributed by atoms with E-state index in [9.17, 15) is 14.9 Å². The molecule has 2 N–H and O–H groups in total. The zero-order valence-corrected chi connectivity index (χ0v) is 15.1. The van der Waals surface area contributed by atoms with E-state index in [-0.39, 0.29) is 17.5 Å². The maximum atomic E-state index is 12.4. The standard InChI is InChI=1S/C17H22N6O4/c1-27-8-6-18-17(24)14-10-20-21-16(14)12-3-2-7-22(11-12)15-5-4-13(9-19-15)23(25)26/h4-5,9-10,12H,2-3,6-8,11H2,1H3,(H,18,24)(H,20,21). The molecule has 10 nitrogen and oxygen atoms in total. The van der Waals surface area contributed by atoms with Crippen molar-refractivity contribution in [3.8, 4) is 0 Å². The summed E-state index contributed by atoms with van der Waals surface area (Å²) in [6.45, 7) is 2.35. The van der Waals surface area contributed by atoms with Crippen molar-refractivity contribution < 1.29 is 14.5 Å². The first kappa shape index (κ1) is 18.8. The highest BCUT2D eigenvalue weighted by atomic mass is 16.6. The lowest BCUT2D eigenvalue weighted by Gasteiger charge is -2.33. The van der Waals surface area contributed by atoms with Crippen LogP contribution in [0.4, 0.5) is 11.5 Å². The molecule has 3 rings (SSSR count). The molecule has 1 fully saturated rings. The SMILES string of the molecule is COCCNC(=O)c1cn[nH]c1C1CCCN(c2ccc([N+](=O)[O-])cn2)C1. The van der Waals surface area contributed by atoms with Gasteiger partial charge < -0.3 is 15.0 Å². The quantitative estimate of drug-likeness (QED) is 0.427. The van der Waals surface area contributed by atoms with Crippen molar-refractivity contribution >= 4 is 17.4 Å². The summed E-state index contributed by atoms with van der Waals surface area (Å²) in [5.74, 6) is 0.610. The van der Waals surface area contributed by atoms with Crippen LogP contribution in [-0.2, 0) is 4.74 Å². The van der Waals surface area contributed by atoms with E-state index in [2.05, 4.69) is 25.4 Å². The van der Waals surface area contributed by atoms with Gasteiger partial charge in [-0.3, -0.25) is 20.0 Å². The first-order valence-electron chi connectivity index (χ1n) is 8.76. The Kier molecular flexibility index (Phi) is 5.97. The Bertz CT molecular complexity index is 791. The Morgan fingerprint density at radius 2 is 2.33 bits per heavy atom. The smallest absolute Gasteiger partial charge is 0.287 e. The van der Waals surface area contributed by atoms with E-state index in [0.29, 0.717) is 31.1 Å². The van der Waals surface area contributed by atoms with Crippen molar-refractivity contribution in [2.45, 2.75) is 18.8 Å². The van der Waals surface area contributed by atoms with Crippen LogP contribution in [0.2, 0.25) is 0 Å². The molecular formula is C17H22N6O4. The van der Waals surface area contributed by atoms with E-state index < -0.39 is 4.92 Å². The third kappa shape index (κ3) is 4.40. The fourth-order valence-electron chi connectivity index (χ4n) is 3.24. The molecule has 2 aromatic heterocycles. The molecule has 1 atom stereocenters. The lowest BCUT2D eigenvalue weighted by Crippen LogP contribution is -2.36. The van der Waals surface area contributed by atoms with Crippen molar-refractivity contribution in [1.82, 2.24) is 20.5 Å². The average molecular weight is 374 g/mol. The van der Waals surface area contributed by atoms with Gasteiger partial charge in [0.1, 0.15) is 12.0 Å². The summed E-state index contributed by atoms with van der Waals surface area (Å²) in [5, 5.41) is 20.6. The second kappa shape index (κ2) is 8.58. The molecule has 0 saturated carbocycles. The zero-order valence-electron chi connectivity index (χ0n) is 15.1. The fraction of sp³-hybridized carbons (Fsp3) is 0.471. The molecule has 0 aromatic carbocycles. The summed E-state index contributed by atoms with van der Waals surface area (Å²) in [7, 11) is 1.58. The van der Waals surface area contributed by atoms with E-state index >= 15 is 0 Å². The number of nitro groups is 1. The number of carbonyl (C=O) groups excluding carboxylic acids is 1. The molecule has 27 heavy (non-hydrogen) atoms. The van der Waals surface area contributed by atoms with E-state index in [1.54, 1.807) is 19.4 Å². The number of rotatable bonds is 7. The molecular weight excluding hydrogens is 352 g/mol. The van der Waals surface area contributed by atoms with Crippen molar-refractivity contribution in [3.63, 3.8) is 0 Å². The molecule has 0 aliphatic carbocycles. The summed E-state index contributed by atoms with van der Waals surface area (Å²) in [6, 6.07) is 3.11. The summed E-state index contributed by atoms with van der Waals surface area (Å²) < 4.78 is 4.95. The summed E-state index contributed by atoms with van der Waals surface area (Å²) in [6.07, 6.45) is 4.65. The molecule has 3 heterocycles. The van der Waals surface area contributed by atoms with Gasteiger partial charge in [-0.05, 0) is 18.9 Å². The van der Waals surface area contributed by atoms with Gasteiger partial charge in [0, 0.05) is 38.7 Å². The Hall–Kier alpha value is -3.01. The molecule has 1 amide bonds. The highest BCUT2D eigenvalue weighted by molar-refractivity contribution is 5.95. The van der Waals surface area contributed by atoms with Crippen molar-refractivity contribution in [2.75, 3.05) is 38.3 Å². The number of carbonyl (C=O) groups is 1. The number of anilines is 1. The number of piperidine rings is 1. The maximum Gasteiger partial charge on any atom is 0.287 e. The fourth-order valence-corrected chi connectivity index (χ4v) is 3.24. The second-order valence-corrected chi connectivity index (χ2v) is 6.36. The number of nitrogens with one attached hydrogen (secondary N) is 2. The van der Waals surface area contributed by atoms with Crippen LogP contribution in [0.5, 0.6) is 0 Å². The van der Waals surface area contributed by atoms with Crippen LogP contribution < -0.4 is 10.2 Å². The van der Waals surface area contributed by atoms with Gasteiger partial charge in [-0.15, -0.1) is 0 Å². The van der Waals surface area contributed by atoms with Gasteiger partial charge in [0.2, 0.25) is 0 Å². The zero-order chi connectivity index (χ0) is 19.2. The summed E-state index contributed by atoms with van der Waals surface area (Å²) >= 11 is 0. The Morgan fingerprint density at radius 3 is 3.04 bits per heavy atom. The molecule has 10 heteroatoms. The normalized spacial score (nSPS) is 16.9. The summed E-state index contributed by atoms with van der Waals surface area (Å²) in [5.41, 5.74) is 1.31.